The minimum absolute atomic E-state index is 0.00533. The molecule has 4 heteroatoms. The summed E-state index contributed by atoms with van der Waals surface area (Å²) in [7, 11) is 0. The molecular weight excluding hydrogens is 283 g/mol. The third-order valence-electron chi connectivity index (χ3n) is 3.62. The number of carbonyl (C=O) groups excluding carboxylic acids is 1. The molecule has 0 unspecified atom stereocenters. The van der Waals surface area contributed by atoms with Crippen molar-refractivity contribution in [3.05, 3.63) is 27.7 Å². The summed E-state index contributed by atoms with van der Waals surface area (Å²) >= 11 is 12.3. The fourth-order valence-corrected chi connectivity index (χ4v) is 2.91. The first kappa shape index (κ1) is 14.7. The highest BCUT2D eigenvalue weighted by Gasteiger charge is 2.18. The fourth-order valence-electron chi connectivity index (χ4n) is 2.43. The van der Waals surface area contributed by atoms with Gasteiger partial charge in [0.25, 0.3) is 0 Å². The van der Waals surface area contributed by atoms with E-state index < -0.39 is 0 Å². The van der Waals surface area contributed by atoms with Gasteiger partial charge in [0, 0.05) is 12.0 Å². The van der Waals surface area contributed by atoms with E-state index in [0.29, 0.717) is 40.3 Å². The highest BCUT2D eigenvalue weighted by molar-refractivity contribution is 6.44. The summed E-state index contributed by atoms with van der Waals surface area (Å²) in [5.74, 6) is 1.19. The van der Waals surface area contributed by atoms with Crippen molar-refractivity contribution in [3.63, 3.8) is 0 Å². The van der Waals surface area contributed by atoms with Crippen molar-refractivity contribution in [2.75, 3.05) is 6.61 Å². The van der Waals surface area contributed by atoms with Gasteiger partial charge in [-0.05, 0) is 30.9 Å². The maximum Gasteiger partial charge on any atom is 0.164 e. The van der Waals surface area contributed by atoms with Crippen LogP contribution in [0.4, 0.5) is 0 Å². The average molecular weight is 301 g/mol. The van der Waals surface area contributed by atoms with Crippen LogP contribution in [0.15, 0.2) is 12.1 Å². The number of rotatable bonds is 5. The Morgan fingerprint density at radius 1 is 1.26 bits per heavy atom. The molecule has 0 heterocycles. The van der Waals surface area contributed by atoms with E-state index in [1.807, 2.05) is 0 Å². The lowest BCUT2D eigenvalue weighted by molar-refractivity contribution is 0.0988. The van der Waals surface area contributed by atoms with Crippen LogP contribution in [0.2, 0.25) is 10.0 Å². The van der Waals surface area contributed by atoms with Crippen molar-refractivity contribution in [1.29, 1.82) is 0 Å². The zero-order chi connectivity index (χ0) is 13.8. The van der Waals surface area contributed by atoms with E-state index in [0.717, 1.165) is 0 Å². The number of benzene rings is 1. The lowest BCUT2D eigenvalue weighted by Crippen LogP contribution is -2.09. The van der Waals surface area contributed by atoms with Crippen LogP contribution >= 0.6 is 23.2 Å². The van der Waals surface area contributed by atoms with Crippen LogP contribution in [0.1, 0.15) is 49.4 Å². The molecule has 1 aliphatic rings. The Kier molecular flexibility index (Phi) is 5.12. The molecule has 0 spiro atoms. The van der Waals surface area contributed by atoms with E-state index in [9.17, 15) is 4.79 Å². The Hall–Kier alpha value is -0.730. The second-order valence-corrected chi connectivity index (χ2v) is 5.73. The molecule has 0 radical (unpaired) electrons. The number of Topliss-reactive ketones (excluding diaryl/α,β-unsaturated/α-hetero) is 1. The molecule has 0 aliphatic heterocycles. The number of ether oxygens (including phenoxy) is 1. The van der Waals surface area contributed by atoms with Crippen molar-refractivity contribution < 1.29 is 9.53 Å². The molecule has 1 aromatic rings. The van der Waals surface area contributed by atoms with Crippen molar-refractivity contribution in [2.24, 2.45) is 5.92 Å². The molecular formula is C15H18Cl2O2. The molecule has 0 aromatic heterocycles. The molecule has 1 fully saturated rings. The Balaban J connectivity index is 2.09. The van der Waals surface area contributed by atoms with Crippen molar-refractivity contribution in [1.82, 2.24) is 0 Å². The van der Waals surface area contributed by atoms with Gasteiger partial charge in [0.05, 0.1) is 11.6 Å². The van der Waals surface area contributed by atoms with Gasteiger partial charge in [0.1, 0.15) is 10.8 Å². The maximum atomic E-state index is 11.7. The normalized spacial score (nSPS) is 15.7. The van der Waals surface area contributed by atoms with Crippen molar-refractivity contribution in [3.8, 4) is 5.75 Å². The largest absolute Gasteiger partial charge is 0.492 e. The highest BCUT2D eigenvalue weighted by atomic mass is 35.5. The second kappa shape index (κ2) is 6.62. The number of halogens is 2. The molecule has 19 heavy (non-hydrogen) atoms. The molecule has 0 N–H and O–H groups in total. The molecule has 0 atom stereocenters. The number of ketones is 1. The summed E-state index contributed by atoms with van der Waals surface area (Å²) in [6, 6.07) is 3.44. The van der Waals surface area contributed by atoms with E-state index in [1.165, 1.54) is 25.7 Å². The van der Waals surface area contributed by atoms with Crippen LogP contribution in [-0.4, -0.2) is 12.4 Å². The first-order chi connectivity index (χ1) is 9.13. The smallest absolute Gasteiger partial charge is 0.164 e. The standard InChI is InChI=1S/C15H18Cl2O2/c1-2-12(18)11-7-8-13(15(17)14(11)16)19-9-10-5-3-4-6-10/h7-8,10H,2-6,9H2,1H3. The first-order valence-electron chi connectivity index (χ1n) is 6.77. The van der Waals surface area contributed by atoms with Crippen molar-refractivity contribution in [2.45, 2.75) is 39.0 Å². The molecule has 2 rings (SSSR count). The van der Waals surface area contributed by atoms with Gasteiger partial charge in [-0.3, -0.25) is 4.79 Å². The van der Waals surface area contributed by atoms with Gasteiger partial charge in [-0.2, -0.15) is 0 Å². The predicted octanol–water partition coefficient (Wildman–Crippen LogP) is 5.16. The average Bonchev–Trinajstić information content (AvgIpc) is 2.93. The van der Waals surface area contributed by atoms with Gasteiger partial charge < -0.3 is 4.74 Å². The summed E-state index contributed by atoms with van der Waals surface area (Å²) in [4.78, 5) is 11.7. The SMILES string of the molecule is CCC(=O)c1ccc(OCC2CCCC2)c(Cl)c1Cl. The minimum atomic E-state index is -0.00533. The highest BCUT2D eigenvalue weighted by Crippen LogP contribution is 2.36. The van der Waals surface area contributed by atoms with Gasteiger partial charge in [-0.1, -0.05) is 43.0 Å². The first-order valence-corrected chi connectivity index (χ1v) is 7.53. The molecule has 2 nitrogen and oxygen atoms in total. The summed E-state index contributed by atoms with van der Waals surface area (Å²) in [5.41, 5.74) is 0.474. The van der Waals surface area contributed by atoms with Crippen LogP contribution in [-0.2, 0) is 0 Å². The summed E-state index contributed by atoms with van der Waals surface area (Å²) in [5, 5.41) is 0.649. The van der Waals surface area contributed by atoms with Gasteiger partial charge in [0.2, 0.25) is 0 Å². The van der Waals surface area contributed by atoms with Gasteiger partial charge in [-0.15, -0.1) is 0 Å². The molecule has 0 amide bonds. The summed E-state index contributed by atoms with van der Waals surface area (Å²) in [6.07, 6.45) is 5.42. The zero-order valence-corrected chi connectivity index (χ0v) is 12.6. The molecule has 104 valence electrons. The Morgan fingerprint density at radius 3 is 2.58 bits per heavy atom. The summed E-state index contributed by atoms with van der Waals surface area (Å²) in [6.45, 7) is 2.48. The lowest BCUT2D eigenvalue weighted by atomic mass is 10.1. The zero-order valence-electron chi connectivity index (χ0n) is 11.0. The number of hydrogen-bond acceptors (Lipinski definition) is 2. The third kappa shape index (κ3) is 3.43. The van der Waals surface area contributed by atoms with Crippen LogP contribution in [0, 0.1) is 5.92 Å². The van der Waals surface area contributed by atoms with Crippen LogP contribution in [0.3, 0.4) is 0 Å². The molecule has 1 aromatic carbocycles. The predicted molar refractivity (Wildman–Crippen MR) is 78.5 cm³/mol. The van der Waals surface area contributed by atoms with E-state index >= 15 is 0 Å². The quantitative estimate of drug-likeness (QED) is 0.703. The Bertz CT molecular complexity index is 465. The third-order valence-corrected chi connectivity index (χ3v) is 4.48. The number of carbonyl (C=O) groups is 1. The second-order valence-electron chi connectivity index (χ2n) is 4.98. The summed E-state index contributed by atoms with van der Waals surface area (Å²) < 4.78 is 5.74. The van der Waals surface area contributed by atoms with Crippen LogP contribution in [0.25, 0.3) is 0 Å². The lowest BCUT2D eigenvalue weighted by Gasteiger charge is -2.14. The van der Waals surface area contributed by atoms with E-state index in [4.69, 9.17) is 27.9 Å². The number of hydrogen-bond donors (Lipinski definition) is 0. The van der Waals surface area contributed by atoms with E-state index in [1.54, 1.807) is 19.1 Å². The molecule has 0 bridgehead atoms. The van der Waals surface area contributed by atoms with Gasteiger partial charge >= 0.3 is 0 Å². The molecule has 1 saturated carbocycles. The molecule has 1 aliphatic carbocycles. The Morgan fingerprint density at radius 2 is 1.95 bits per heavy atom. The van der Waals surface area contributed by atoms with E-state index in [-0.39, 0.29) is 5.78 Å². The Labute approximate surface area is 124 Å². The van der Waals surface area contributed by atoms with E-state index in [2.05, 4.69) is 0 Å². The van der Waals surface area contributed by atoms with Crippen LogP contribution < -0.4 is 4.74 Å². The molecule has 0 saturated heterocycles. The van der Waals surface area contributed by atoms with Gasteiger partial charge in [-0.25, -0.2) is 0 Å². The topological polar surface area (TPSA) is 26.3 Å². The fraction of sp³-hybridized carbons (Fsp3) is 0.533. The monoisotopic (exact) mass is 300 g/mol. The van der Waals surface area contributed by atoms with Crippen molar-refractivity contribution >= 4 is 29.0 Å². The van der Waals surface area contributed by atoms with Crippen LogP contribution in [0.5, 0.6) is 5.75 Å². The maximum absolute atomic E-state index is 11.7. The van der Waals surface area contributed by atoms with Gasteiger partial charge in [0.15, 0.2) is 5.78 Å². The minimum Gasteiger partial charge on any atom is -0.492 e.